The van der Waals surface area contributed by atoms with E-state index in [9.17, 15) is 29.3 Å². The number of carbonyl (C=O) groups is 2. The molecule has 0 aliphatic heterocycles. The summed E-state index contributed by atoms with van der Waals surface area (Å²) in [6.45, 7) is 6.86. The van der Waals surface area contributed by atoms with Gasteiger partial charge in [0.1, 0.15) is 25.3 Å². The molecule has 0 radical (unpaired) electrons. The summed E-state index contributed by atoms with van der Waals surface area (Å²) in [5.74, 6) is 0.169. The first-order valence-electron chi connectivity index (χ1n) is 23.3. The summed E-state index contributed by atoms with van der Waals surface area (Å²) < 4.78 is 23.5. The molecule has 0 fully saturated rings. The van der Waals surface area contributed by atoms with Crippen LogP contribution in [0.3, 0.4) is 0 Å². The molecule has 5 N–H and O–H groups in total. The van der Waals surface area contributed by atoms with Crippen molar-refractivity contribution in [3.63, 3.8) is 0 Å². The fourth-order valence-electron chi connectivity index (χ4n) is 7.37. The summed E-state index contributed by atoms with van der Waals surface area (Å²) in [5.41, 5.74) is 0. The van der Waals surface area contributed by atoms with Crippen molar-refractivity contribution in [3.05, 3.63) is 0 Å². The van der Waals surface area contributed by atoms with Crippen LogP contribution in [-0.4, -0.2) is 129 Å². The Hall–Kier alpha value is -0.530. The molecule has 2 atom stereocenters. The molecule has 0 saturated heterocycles. The average Bonchev–Trinajstić information content (AvgIpc) is 3.14. The summed E-state index contributed by atoms with van der Waals surface area (Å²) in [6.07, 6.45) is 28.2. The van der Waals surface area contributed by atoms with Crippen molar-refractivity contribution in [1.82, 2.24) is 10.6 Å². The maximum atomic E-state index is 12.5. The van der Waals surface area contributed by atoms with E-state index in [2.05, 4.69) is 24.5 Å². The number of unbranched alkanes of at least 4 members (excludes halogenated alkanes) is 20. The fourth-order valence-corrected chi connectivity index (χ4v) is 8.17. The van der Waals surface area contributed by atoms with Crippen LogP contribution in [0.5, 0.6) is 0 Å². The van der Waals surface area contributed by atoms with E-state index in [0.29, 0.717) is 61.1 Å². The summed E-state index contributed by atoms with van der Waals surface area (Å²) in [5, 5.41) is 27.1. The van der Waals surface area contributed by atoms with Crippen LogP contribution in [0, 0.1) is 0 Å². The predicted molar refractivity (Wildman–Crippen MR) is 235 cm³/mol. The zero-order valence-corrected chi connectivity index (χ0v) is 41.1. The molecule has 0 saturated carbocycles. The van der Waals surface area contributed by atoms with E-state index in [4.69, 9.17) is 9.05 Å². The molecule has 0 spiro atoms. The van der Waals surface area contributed by atoms with E-state index in [1.807, 2.05) is 28.2 Å². The first-order chi connectivity index (χ1) is 27.1. The third kappa shape index (κ3) is 43.9. The van der Waals surface area contributed by atoms with Gasteiger partial charge in [-0.15, -0.1) is 0 Å². The molecule has 356 valence electrons. The molecular formula is C44H93Cl2N4O8P. The lowest BCUT2D eigenvalue weighted by Gasteiger charge is -2.32. The third-order valence-electron chi connectivity index (χ3n) is 10.8. The van der Waals surface area contributed by atoms with Gasteiger partial charge in [-0.1, -0.05) is 142 Å². The molecule has 0 aromatic heterocycles. The quantitative estimate of drug-likeness (QED) is 0.0356. The molecule has 0 heterocycles. The number of phosphoric acid groups is 1. The molecule has 0 rings (SSSR count). The highest BCUT2D eigenvalue weighted by Crippen LogP contribution is 2.43. The van der Waals surface area contributed by atoms with E-state index >= 15 is 0 Å². The minimum atomic E-state index is -4.48. The molecule has 2 unspecified atom stereocenters. The van der Waals surface area contributed by atoms with Gasteiger partial charge < -0.3 is 59.5 Å². The number of quaternary nitrogens is 2. The topological polar surface area (TPSA) is 154 Å². The Morgan fingerprint density at radius 1 is 0.508 bits per heavy atom. The molecule has 0 aliphatic rings. The lowest BCUT2D eigenvalue weighted by atomic mass is 10.1. The number of likely N-dealkylation sites (N-methyl/N-ethyl adjacent to an activating group) is 2. The van der Waals surface area contributed by atoms with E-state index in [-0.39, 0.29) is 49.8 Å². The Kier molecular flexibility index (Phi) is 42.8. The third-order valence-corrected chi connectivity index (χ3v) is 11.8. The average molecular weight is 908 g/mol. The first-order valence-corrected chi connectivity index (χ1v) is 24.8. The summed E-state index contributed by atoms with van der Waals surface area (Å²) in [6, 6.07) is 0. The molecule has 15 heteroatoms. The van der Waals surface area contributed by atoms with Gasteiger partial charge in [0.2, 0.25) is 11.8 Å². The van der Waals surface area contributed by atoms with Crippen LogP contribution in [0.1, 0.15) is 181 Å². The Balaban J connectivity index is -0.0000157. The van der Waals surface area contributed by atoms with Gasteiger partial charge in [0.15, 0.2) is 0 Å². The largest absolute Gasteiger partial charge is 1.00 e. The van der Waals surface area contributed by atoms with Crippen molar-refractivity contribution >= 4 is 19.6 Å². The number of rotatable bonds is 42. The summed E-state index contributed by atoms with van der Waals surface area (Å²) in [7, 11) is 3.33. The van der Waals surface area contributed by atoms with Crippen molar-refractivity contribution in [3.8, 4) is 0 Å². The molecule has 0 bridgehead atoms. The summed E-state index contributed by atoms with van der Waals surface area (Å²) in [4.78, 5) is 34.7. The number of nitrogens with zero attached hydrogens (tertiary/aromatic N) is 2. The first kappa shape index (κ1) is 62.8. The Labute approximate surface area is 374 Å². The summed E-state index contributed by atoms with van der Waals surface area (Å²) >= 11 is 0. The lowest BCUT2D eigenvalue weighted by Crippen LogP contribution is -3.00. The van der Waals surface area contributed by atoms with Gasteiger partial charge >= 0.3 is 7.82 Å². The number of hydrogen-bond donors (Lipinski definition) is 5. The number of nitrogens with one attached hydrogen (secondary N) is 2. The van der Waals surface area contributed by atoms with Crippen molar-refractivity contribution in [2.75, 3.05) is 80.7 Å². The Bertz CT molecular complexity index is 957. The lowest BCUT2D eigenvalue weighted by molar-refractivity contribution is -0.893. The number of aliphatic hydroxyl groups excluding tert-OH is 2. The standard InChI is InChI=1S/C44H91N4O8P.2ClH/c1-7-9-11-13-15-17-19-21-23-25-27-31-43(51)45-33-29-35-47(3,4)37-41(49)39-55-57(53,54)56-40-42(50)38-48(5,6)36-30-34-46-44(52)32-28-26-24-22-20-18-16-14-12-10-8-2;;/h41-42,49-50H,7-40H2,1-6H3,(H-2,45,46,51,52,53,54);2*1H. The van der Waals surface area contributed by atoms with Crippen molar-refractivity contribution in [2.24, 2.45) is 0 Å². The van der Waals surface area contributed by atoms with Crippen LogP contribution >= 0.6 is 7.82 Å². The maximum Gasteiger partial charge on any atom is 0.472 e. The smallest absolute Gasteiger partial charge is 0.472 e. The normalized spacial score (nSPS) is 13.8. The second-order valence-corrected chi connectivity index (χ2v) is 19.5. The van der Waals surface area contributed by atoms with Crippen LogP contribution in [0.15, 0.2) is 0 Å². The molecule has 59 heavy (non-hydrogen) atoms. The van der Waals surface area contributed by atoms with E-state index in [1.165, 1.54) is 116 Å². The van der Waals surface area contributed by atoms with Crippen LogP contribution in [-0.2, 0) is 23.2 Å². The van der Waals surface area contributed by atoms with Gasteiger partial charge in [-0.3, -0.25) is 18.6 Å². The van der Waals surface area contributed by atoms with Gasteiger partial charge in [-0.2, -0.15) is 0 Å². The number of hydrogen-bond acceptors (Lipinski definition) is 7. The molecule has 0 aromatic carbocycles. The maximum absolute atomic E-state index is 12.5. The molecule has 12 nitrogen and oxygen atoms in total. The van der Waals surface area contributed by atoms with Crippen molar-refractivity contribution < 1.29 is 72.1 Å². The van der Waals surface area contributed by atoms with E-state index in [1.54, 1.807) is 0 Å². The molecule has 2 amide bonds. The zero-order valence-electron chi connectivity index (χ0n) is 38.7. The van der Waals surface area contributed by atoms with Gasteiger partial charge in [-0.25, -0.2) is 4.57 Å². The van der Waals surface area contributed by atoms with Crippen molar-refractivity contribution in [1.29, 1.82) is 0 Å². The second kappa shape index (κ2) is 40.3. The van der Waals surface area contributed by atoms with Crippen LogP contribution in [0.25, 0.3) is 0 Å². The highest BCUT2D eigenvalue weighted by atomic mass is 35.5. The van der Waals surface area contributed by atoms with E-state index in [0.717, 1.165) is 38.5 Å². The van der Waals surface area contributed by atoms with Crippen LogP contribution < -0.4 is 35.4 Å². The van der Waals surface area contributed by atoms with Crippen molar-refractivity contribution in [2.45, 2.75) is 193 Å². The minimum Gasteiger partial charge on any atom is -1.00 e. The monoisotopic (exact) mass is 907 g/mol. The van der Waals surface area contributed by atoms with Gasteiger partial charge in [0, 0.05) is 38.8 Å². The predicted octanol–water partition coefficient (Wildman–Crippen LogP) is 2.42. The Morgan fingerprint density at radius 2 is 0.780 bits per heavy atom. The van der Waals surface area contributed by atoms with Gasteiger partial charge in [0.25, 0.3) is 0 Å². The van der Waals surface area contributed by atoms with E-state index < -0.39 is 20.0 Å². The van der Waals surface area contributed by atoms with Crippen LogP contribution in [0.4, 0.5) is 0 Å². The van der Waals surface area contributed by atoms with Crippen LogP contribution in [0.2, 0.25) is 0 Å². The van der Waals surface area contributed by atoms with Gasteiger partial charge in [0.05, 0.1) is 54.5 Å². The molecule has 0 aliphatic carbocycles. The number of carbonyl (C=O) groups excluding carboxylic acids is 2. The number of halogens is 2. The zero-order chi connectivity index (χ0) is 42.7. The number of amides is 2. The minimum absolute atomic E-state index is 0. The fraction of sp³-hybridized carbons (Fsp3) is 0.955. The highest BCUT2D eigenvalue weighted by Gasteiger charge is 2.29. The highest BCUT2D eigenvalue weighted by molar-refractivity contribution is 7.47. The van der Waals surface area contributed by atoms with Gasteiger partial charge in [-0.05, 0) is 12.8 Å². The molecular weight excluding hydrogens is 814 g/mol. The SMILES string of the molecule is CCCCCCCCCCCCCC(=O)NCCC[N+](C)(C)CC(O)COP(=O)(O)OCC(O)C[N+](C)(C)CCCNC(=O)CCCCCCCCCCCCC.[Cl-].[Cl-]. The Morgan fingerprint density at radius 3 is 1.07 bits per heavy atom. The molecule has 0 aromatic rings. The number of phosphoric ester groups is 1. The second-order valence-electron chi connectivity index (χ2n) is 18.0. The number of aliphatic hydroxyl groups is 2.